The topological polar surface area (TPSA) is 64.5 Å². The van der Waals surface area contributed by atoms with Crippen LogP contribution in [0, 0.1) is 6.92 Å². The Labute approximate surface area is 154 Å². The number of ether oxygens (including phenoxy) is 2. The lowest BCUT2D eigenvalue weighted by atomic mass is 9.98. The van der Waals surface area contributed by atoms with Gasteiger partial charge in [-0.25, -0.2) is 9.78 Å². The lowest BCUT2D eigenvalue weighted by Crippen LogP contribution is -2.46. The summed E-state index contributed by atoms with van der Waals surface area (Å²) in [6.07, 6.45) is 4.65. The van der Waals surface area contributed by atoms with E-state index in [1.807, 2.05) is 32.6 Å². The Kier molecular flexibility index (Phi) is 6.87. The highest BCUT2D eigenvalue weighted by Gasteiger charge is 2.30. The quantitative estimate of drug-likeness (QED) is 0.569. The zero-order valence-electron chi connectivity index (χ0n) is 15.5. The molecule has 25 heavy (non-hydrogen) atoms. The fourth-order valence-corrected chi connectivity index (χ4v) is 3.14. The Morgan fingerprint density at radius 2 is 2.12 bits per heavy atom. The fourth-order valence-electron chi connectivity index (χ4n) is 2.91. The summed E-state index contributed by atoms with van der Waals surface area (Å²) < 4.78 is 11.1. The number of halogens is 1. The van der Waals surface area contributed by atoms with Gasteiger partial charge in [-0.1, -0.05) is 11.6 Å². The van der Waals surface area contributed by atoms with Gasteiger partial charge < -0.3 is 14.4 Å². The number of carbonyl (C=O) groups is 1. The van der Waals surface area contributed by atoms with E-state index in [1.54, 1.807) is 6.07 Å². The third kappa shape index (κ3) is 6.69. The number of aryl methyl sites for hydroxylation is 1. The van der Waals surface area contributed by atoms with E-state index in [1.165, 1.54) is 0 Å². The molecule has 1 atom stereocenters. The normalized spacial score (nSPS) is 18.1. The molecule has 0 radical (unpaired) electrons. The largest absolute Gasteiger partial charge is 0.463 e. The molecule has 1 aliphatic rings. The predicted octanol–water partition coefficient (Wildman–Crippen LogP) is 4.39. The smallest absolute Gasteiger partial charge is 0.410 e. The van der Waals surface area contributed by atoms with Crippen LogP contribution in [0.1, 0.15) is 58.6 Å². The molecule has 0 aliphatic carbocycles. The highest BCUT2D eigenvalue weighted by molar-refractivity contribution is 6.29. The molecule has 0 spiro atoms. The van der Waals surface area contributed by atoms with Gasteiger partial charge in [0.15, 0.2) is 0 Å². The van der Waals surface area contributed by atoms with Crippen molar-refractivity contribution in [3.63, 3.8) is 0 Å². The number of carbonyl (C=O) groups excluding carboxylic acids is 1. The SMILES string of the molecule is Cc1cc(Cl)nc(OCCCC2CCCCN2C(=O)OC(C)(C)C)n1. The molecule has 0 saturated carbocycles. The van der Waals surface area contributed by atoms with Crippen molar-refractivity contribution in [3.8, 4) is 6.01 Å². The molecule has 140 valence electrons. The standard InChI is InChI=1S/C18H28ClN3O3/c1-13-12-15(19)21-16(20-13)24-11-7-9-14-8-5-6-10-22(14)17(23)25-18(2,3)4/h12,14H,5-11H2,1-4H3. The van der Waals surface area contributed by atoms with E-state index < -0.39 is 5.60 Å². The Hall–Kier alpha value is -1.56. The number of aromatic nitrogens is 2. The van der Waals surface area contributed by atoms with Gasteiger partial charge in [-0.15, -0.1) is 0 Å². The number of hydrogen-bond donors (Lipinski definition) is 0. The minimum absolute atomic E-state index is 0.203. The molecule has 2 heterocycles. The van der Waals surface area contributed by atoms with Gasteiger partial charge in [0.2, 0.25) is 0 Å². The first kappa shape index (κ1) is 19.8. The van der Waals surface area contributed by atoms with Crippen molar-refractivity contribution in [1.29, 1.82) is 0 Å². The molecule has 0 aromatic carbocycles. The molecule has 6 nitrogen and oxygen atoms in total. The maximum atomic E-state index is 12.4. The lowest BCUT2D eigenvalue weighted by Gasteiger charge is -2.36. The van der Waals surface area contributed by atoms with E-state index >= 15 is 0 Å². The van der Waals surface area contributed by atoms with Crippen molar-refractivity contribution in [1.82, 2.24) is 14.9 Å². The van der Waals surface area contributed by atoms with Crippen LogP contribution in [0.4, 0.5) is 4.79 Å². The summed E-state index contributed by atoms with van der Waals surface area (Å²) >= 11 is 5.90. The van der Waals surface area contributed by atoms with Crippen molar-refractivity contribution in [2.75, 3.05) is 13.2 Å². The van der Waals surface area contributed by atoms with Crippen LogP contribution in [0.3, 0.4) is 0 Å². The van der Waals surface area contributed by atoms with Gasteiger partial charge in [0.05, 0.1) is 6.61 Å². The summed E-state index contributed by atoms with van der Waals surface area (Å²) in [5.74, 6) is 0. The summed E-state index contributed by atoms with van der Waals surface area (Å²) in [6, 6.07) is 2.20. The Bertz CT molecular complexity index is 569. The Morgan fingerprint density at radius 1 is 1.36 bits per heavy atom. The summed E-state index contributed by atoms with van der Waals surface area (Å²) in [5, 5.41) is 0.380. The monoisotopic (exact) mass is 369 g/mol. The van der Waals surface area contributed by atoms with E-state index in [4.69, 9.17) is 21.1 Å². The lowest BCUT2D eigenvalue weighted by molar-refractivity contribution is 0.00820. The van der Waals surface area contributed by atoms with Gasteiger partial charge >= 0.3 is 12.1 Å². The van der Waals surface area contributed by atoms with E-state index in [9.17, 15) is 4.79 Å². The second-order valence-electron chi connectivity index (χ2n) is 7.43. The van der Waals surface area contributed by atoms with Gasteiger partial charge in [-0.05, 0) is 65.9 Å². The molecule has 0 N–H and O–H groups in total. The number of nitrogens with zero attached hydrogens (tertiary/aromatic N) is 3. The number of likely N-dealkylation sites (tertiary alicyclic amines) is 1. The van der Waals surface area contributed by atoms with Crippen molar-refractivity contribution < 1.29 is 14.3 Å². The highest BCUT2D eigenvalue weighted by Crippen LogP contribution is 2.23. The maximum absolute atomic E-state index is 12.4. The van der Waals surface area contributed by atoms with Gasteiger partial charge in [-0.3, -0.25) is 0 Å². The van der Waals surface area contributed by atoms with E-state index in [-0.39, 0.29) is 12.1 Å². The van der Waals surface area contributed by atoms with Crippen molar-refractivity contribution in [2.45, 2.75) is 71.4 Å². The van der Waals surface area contributed by atoms with E-state index in [0.717, 1.165) is 44.3 Å². The van der Waals surface area contributed by atoms with Crippen LogP contribution in [-0.2, 0) is 4.74 Å². The Morgan fingerprint density at radius 3 is 2.80 bits per heavy atom. The first-order valence-corrected chi connectivity index (χ1v) is 9.26. The molecule has 1 saturated heterocycles. The second-order valence-corrected chi connectivity index (χ2v) is 7.82. The molecule has 7 heteroatoms. The molecule has 1 fully saturated rings. The van der Waals surface area contributed by atoms with Crippen LogP contribution in [0.5, 0.6) is 6.01 Å². The van der Waals surface area contributed by atoms with E-state index in [0.29, 0.717) is 17.8 Å². The molecule has 0 bridgehead atoms. The van der Waals surface area contributed by atoms with Gasteiger partial charge in [0, 0.05) is 18.3 Å². The molecule has 2 rings (SSSR count). The Balaban J connectivity index is 1.82. The van der Waals surface area contributed by atoms with Crippen LogP contribution in [0.2, 0.25) is 5.15 Å². The van der Waals surface area contributed by atoms with E-state index in [2.05, 4.69) is 9.97 Å². The van der Waals surface area contributed by atoms with Crippen LogP contribution in [0.25, 0.3) is 0 Å². The third-order valence-corrected chi connectivity index (χ3v) is 4.16. The number of hydrogen-bond acceptors (Lipinski definition) is 5. The van der Waals surface area contributed by atoms with Crippen LogP contribution in [0.15, 0.2) is 6.07 Å². The van der Waals surface area contributed by atoms with Crippen molar-refractivity contribution in [3.05, 3.63) is 16.9 Å². The summed E-state index contributed by atoms with van der Waals surface area (Å²) in [6.45, 7) is 8.79. The number of piperidine rings is 1. The summed E-state index contributed by atoms with van der Waals surface area (Å²) in [4.78, 5) is 22.5. The zero-order chi connectivity index (χ0) is 18.4. The number of amides is 1. The van der Waals surface area contributed by atoms with Crippen molar-refractivity contribution in [2.24, 2.45) is 0 Å². The second kappa shape index (κ2) is 8.70. The maximum Gasteiger partial charge on any atom is 0.410 e. The molecule has 1 amide bonds. The highest BCUT2D eigenvalue weighted by atomic mass is 35.5. The third-order valence-electron chi connectivity index (χ3n) is 3.97. The average molecular weight is 370 g/mol. The first-order valence-electron chi connectivity index (χ1n) is 8.88. The molecule has 1 aliphatic heterocycles. The number of rotatable bonds is 5. The molecular weight excluding hydrogens is 342 g/mol. The minimum Gasteiger partial charge on any atom is -0.463 e. The average Bonchev–Trinajstić information content (AvgIpc) is 2.49. The molecule has 1 unspecified atom stereocenters. The summed E-state index contributed by atoms with van der Waals surface area (Å²) in [7, 11) is 0. The van der Waals surface area contributed by atoms with Gasteiger partial charge in [0.25, 0.3) is 0 Å². The van der Waals surface area contributed by atoms with Crippen LogP contribution >= 0.6 is 11.6 Å². The van der Waals surface area contributed by atoms with Crippen molar-refractivity contribution >= 4 is 17.7 Å². The van der Waals surface area contributed by atoms with Gasteiger partial charge in [0.1, 0.15) is 10.8 Å². The molecular formula is C18H28ClN3O3. The van der Waals surface area contributed by atoms with Crippen LogP contribution < -0.4 is 4.74 Å². The van der Waals surface area contributed by atoms with Gasteiger partial charge in [-0.2, -0.15) is 4.98 Å². The minimum atomic E-state index is -0.468. The van der Waals surface area contributed by atoms with Crippen LogP contribution in [-0.4, -0.2) is 45.8 Å². The predicted molar refractivity (Wildman–Crippen MR) is 97.1 cm³/mol. The first-order chi connectivity index (χ1) is 11.7. The zero-order valence-corrected chi connectivity index (χ0v) is 16.3. The molecule has 1 aromatic heterocycles. The summed E-state index contributed by atoms with van der Waals surface area (Å²) in [5.41, 5.74) is 0.308. The molecule has 1 aromatic rings. The fraction of sp³-hybridized carbons (Fsp3) is 0.722.